The van der Waals surface area contributed by atoms with Gasteiger partial charge in [0, 0.05) is 45.2 Å². The number of halogens is 1. The second kappa shape index (κ2) is 9.40. The van der Waals surface area contributed by atoms with E-state index in [1.807, 2.05) is 84.9 Å². The van der Waals surface area contributed by atoms with Gasteiger partial charge >= 0.3 is 0 Å². The molecule has 0 saturated carbocycles. The van der Waals surface area contributed by atoms with E-state index >= 15 is 0 Å². The van der Waals surface area contributed by atoms with Crippen LogP contribution in [0, 0.1) is 0 Å². The quantitative estimate of drug-likeness (QED) is 0.442. The fraction of sp³-hybridized carbons (Fsp3) is 0. The molecule has 0 amide bonds. The molecule has 5 heteroatoms. The van der Waals surface area contributed by atoms with Crippen LogP contribution in [-0.2, 0) is 4.57 Å². The summed E-state index contributed by atoms with van der Waals surface area (Å²) in [5, 5.41) is 2.43. The van der Waals surface area contributed by atoms with Crippen molar-refractivity contribution in [2.45, 2.75) is 0 Å². The highest BCUT2D eigenvalue weighted by atomic mass is 79.9. The van der Waals surface area contributed by atoms with E-state index in [1.165, 1.54) is 0 Å². The van der Waals surface area contributed by atoms with Gasteiger partial charge < -0.3 is 4.57 Å². The van der Waals surface area contributed by atoms with E-state index in [0.717, 1.165) is 20.4 Å². The van der Waals surface area contributed by atoms with E-state index in [0.29, 0.717) is 0 Å². The first kappa shape index (κ1) is 19.2. The second-order valence-corrected chi connectivity index (χ2v) is 9.35. The zero-order valence-corrected chi connectivity index (χ0v) is 17.0. The van der Waals surface area contributed by atoms with E-state index in [4.69, 9.17) is 0 Å². The first-order valence-corrected chi connectivity index (χ1v) is 10.9. The SMILES string of the molecule is Brc1cccnc1.O=P(c1ccccc1)(c1ccccc1)c1cccnc1. The lowest BCUT2D eigenvalue weighted by atomic mass is 10.4. The predicted molar refractivity (Wildman–Crippen MR) is 116 cm³/mol. The molecule has 0 radical (unpaired) electrons. The third-order valence-electron chi connectivity index (χ3n) is 3.87. The maximum Gasteiger partial charge on any atom is 0.172 e. The summed E-state index contributed by atoms with van der Waals surface area (Å²) in [6.07, 6.45) is 6.88. The van der Waals surface area contributed by atoms with Crippen molar-refractivity contribution in [3.8, 4) is 0 Å². The Labute approximate surface area is 167 Å². The van der Waals surface area contributed by atoms with Crippen molar-refractivity contribution in [1.82, 2.24) is 9.97 Å². The van der Waals surface area contributed by atoms with Gasteiger partial charge in [0.2, 0.25) is 0 Å². The molecule has 0 aliphatic carbocycles. The predicted octanol–water partition coefficient (Wildman–Crippen LogP) is 4.57. The number of pyridine rings is 2. The Kier molecular flexibility index (Phi) is 6.69. The smallest absolute Gasteiger partial charge is 0.172 e. The summed E-state index contributed by atoms with van der Waals surface area (Å²) >= 11 is 3.25. The third kappa shape index (κ3) is 4.79. The number of hydrogen-bond donors (Lipinski definition) is 0. The van der Waals surface area contributed by atoms with Crippen LogP contribution in [0.5, 0.6) is 0 Å². The highest BCUT2D eigenvalue weighted by Crippen LogP contribution is 2.41. The summed E-state index contributed by atoms with van der Waals surface area (Å²) < 4.78 is 14.8. The average molecular weight is 437 g/mol. The fourth-order valence-corrected chi connectivity index (χ4v) is 5.48. The van der Waals surface area contributed by atoms with Gasteiger partial charge in [0.15, 0.2) is 7.14 Å². The van der Waals surface area contributed by atoms with E-state index < -0.39 is 7.14 Å². The summed E-state index contributed by atoms with van der Waals surface area (Å²) in [6, 6.07) is 26.7. The van der Waals surface area contributed by atoms with Crippen LogP contribution in [0.4, 0.5) is 0 Å². The van der Waals surface area contributed by atoms with Crippen molar-refractivity contribution in [2.24, 2.45) is 0 Å². The van der Waals surface area contributed by atoms with Crippen molar-refractivity contribution in [3.05, 3.63) is 114 Å². The molecule has 0 aliphatic heterocycles. The van der Waals surface area contributed by atoms with Gasteiger partial charge in [0.05, 0.1) is 0 Å². The molecule has 0 N–H and O–H groups in total. The summed E-state index contributed by atoms with van der Waals surface area (Å²) in [6.45, 7) is 0. The van der Waals surface area contributed by atoms with Crippen molar-refractivity contribution < 1.29 is 4.57 Å². The Bertz CT molecular complexity index is 894. The average Bonchev–Trinajstić information content (AvgIpc) is 2.76. The minimum atomic E-state index is -2.84. The second-order valence-electron chi connectivity index (χ2n) is 5.66. The molecule has 0 spiro atoms. The van der Waals surface area contributed by atoms with Crippen molar-refractivity contribution >= 4 is 39.0 Å². The van der Waals surface area contributed by atoms with E-state index in [1.54, 1.807) is 24.8 Å². The van der Waals surface area contributed by atoms with Crippen LogP contribution in [-0.4, -0.2) is 9.97 Å². The first-order chi connectivity index (χ1) is 13.2. The molecule has 0 saturated heterocycles. The molecule has 4 aromatic rings. The van der Waals surface area contributed by atoms with Crippen LogP contribution in [0.15, 0.2) is 114 Å². The molecular weight excluding hydrogens is 419 g/mol. The molecule has 134 valence electrons. The Morgan fingerprint density at radius 1 is 0.593 bits per heavy atom. The van der Waals surface area contributed by atoms with Crippen LogP contribution in [0.3, 0.4) is 0 Å². The lowest BCUT2D eigenvalue weighted by molar-refractivity contribution is 0.592. The molecule has 4 rings (SSSR count). The number of hydrogen-bond acceptors (Lipinski definition) is 3. The summed E-state index contributed by atoms with van der Waals surface area (Å²) in [7, 11) is -2.84. The molecular formula is C22H18BrN2OP. The van der Waals surface area contributed by atoms with E-state index in [2.05, 4.69) is 25.9 Å². The van der Waals surface area contributed by atoms with Gasteiger partial charge in [-0.15, -0.1) is 0 Å². The largest absolute Gasteiger partial charge is 0.309 e. The normalized spacial score (nSPS) is 10.6. The molecule has 0 aliphatic rings. The van der Waals surface area contributed by atoms with Crippen molar-refractivity contribution in [3.63, 3.8) is 0 Å². The Morgan fingerprint density at radius 2 is 1.07 bits per heavy atom. The third-order valence-corrected chi connectivity index (χ3v) is 7.39. The van der Waals surface area contributed by atoms with Crippen molar-refractivity contribution in [2.75, 3.05) is 0 Å². The van der Waals surface area contributed by atoms with Crippen molar-refractivity contribution in [1.29, 1.82) is 0 Å². The molecule has 2 aromatic carbocycles. The van der Waals surface area contributed by atoms with Crippen LogP contribution in [0.25, 0.3) is 0 Å². The molecule has 2 aromatic heterocycles. The molecule has 0 bridgehead atoms. The lowest BCUT2D eigenvalue weighted by Crippen LogP contribution is -2.25. The lowest BCUT2D eigenvalue weighted by Gasteiger charge is -2.19. The van der Waals surface area contributed by atoms with E-state index in [9.17, 15) is 4.57 Å². The summed E-state index contributed by atoms with van der Waals surface area (Å²) in [5.74, 6) is 0. The number of nitrogens with zero attached hydrogens (tertiary/aromatic N) is 2. The molecule has 3 nitrogen and oxygen atoms in total. The Balaban J connectivity index is 0.000000253. The van der Waals surface area contributed by atoms with Gasteiger partial charge in [-0.25, -0.2) is 0 Å². The maximum absolute atomic E-state index is 13.8. The van der Waals surface area contributed by atoms with Crippen LogP contribution in [0.2, 0.25) is 0 Å². The zero-order chi connectivity index (χ0) is 19.0. The number of benzene rings is 2. The van der Waals surface area contributed by atoms with Gasteiger partial charge in [0.1, 0.15) is 0 Å². The van der Waals surface area contributed by atoms with Crippen LogP contribution < -0.4 is 15.9 Å². The summed E-state index contributed by atoms with van der Waals surface area (Å²) in [4.78, 5) is 7.97. The Morgan fingerprint density at radius 3 is 1.44 bits per heavy atom. The standard InChI is InChI=1S/C17H14NOP.C5H4BrN/c19-20(15-8-3-1-4-9-15,16-10-5-2-6-11-16)17-12-7-13-18-14-17;6-5-2-1-3-7-4-5/h1-14H;1-4H. The molecule has 0 atom stereocenters. The topological polar surface area (TPSA) is 42.9 Å². The van der Waals surface area contributed by atoms with Gasteiger partial charge in [-0.1, -0.05) is 60.7 Å². The number of rotatable bonds is 3. The van der Waals surface area contributed by atoms with Gasteiger partial charge in [-0.05, 0) is 40.2 Å². The molecule has 27 heavy (non-hydrogen) atoms. The minimum Gasteiger partial charge on any atom is -0.309 e. The summed E-state index contributed by atoms with van der Waals surface area (Å²) in [5.41, 5.74) is 0. The van der Waals surface area contributed by atoms with Crippen LogP contribution in [0.1, 0.15) is 0 Å². The molecule has 2 heterocycles. The first-order valence-electron chi connectivity index (χ1n) is 8.38. The molecule has 0 unspecified atom stereocenters. The zero-order valence-electron chi connectivity index (χ0n) is 14.5. The highest BCUT2D eigenvalue weighted by Gasteiger charge is 2.29. The maximum atomic E-state index is 13.8. The van der Waals surface area contributed by atoms with Gasteiger partial charge in [-0.3, -0.25) is 9.97 Å². The highest BCUT2D eigenvalue weighted by molar-refractivity contribution is 9.10. The van der Waals surface area contributed by atoms with E-state index in [-0.39, 0.29) is 0 Å². The van der Waals surface area contributed by atoms with Gasteiger partial charge in [0.25, 0.3) is 0 Å². The number of aromatic nitrogens is 2. The fourth-order valence-electron chi connectivity index (χ4n) is 2.60. The Hall–Kier alpha value is -2.55. The van der Waals surface area contributed by atoms with Crippen LogP contribution >= 0.6 is 23.1 Å². The van der Waals surface area contributed by atoms with Gasteiger partial charge in [-0.2, -0.15) is 0 Å². The minimum absolute atomic E-state index is 0.761. The molecule has 0 fully saturated rings. The monoisotopic (exact) mass is 436 g/mol.